The molecule has 5 nitrogen and oxygen atoms in total. The molecule has 0 amide bonds. The fourth-order valence-corrected chi connectivity index (χ4v) is 1.64. The van der Waals surface area contributed by atoms with E-state index >= 15 is 0 Å². The molecule has 2 rings (SSSR count). The van der Waals surface area contributed by atoms with E-state index in [0.29, 0.717) is 6.61 Å². The van der Waals surface area contributed by atoms with Gasteiger partial charge >= 0.3 is 0 Å². The van der Waals surface area contributed by atoms with Gasteiger partial charge < -0.3 is 19.0 Å². The molecular weight excluding hydrogens is 260 g/mol. The summed E-state index contributed by atoms with van der Waals surface area (Å²) >= 11 is 0. The maximum atomic E-state index is 11.6. The summed E-state index contributed by atoms with van der Waals surface area (Å²) in [6, 6.07) is 8.88. The molecule has 0 aliphatic heterocycles. The molecule has 0 radical (unpaired) electrons. The van der Waals surface area contributed by atoms with Crippen LogP contribution < -0.4 is 14.9 Å². The first kappa shape index (κ1) is 14.1. The zero-order chi connectivity index (χ0) is 14.4. The van der Waals surface area contributed by atoms with Crippen LogP contribution in [0.15, 0.2) is 45.8 Å². The average Bonchev–Trinajstić information content (AvgIpc) is 2.45. The van der Waals surface area contributed by atoms with Crippen molar-refractivity contribution in [2.45, 2.75) is 13.5 Å². The van der Waals surface area contributed by atoms with Gasteiger partial charge in [0.2, 0.25) is 11.2 Å². The largest absolute Gasteiger partial charge is 0.490 e. The van der Waals surface area contributed by atoms with Crippen molar-refractivity contribution >= 4 is 0 Å². The molecule has 1 N–H and O–H groups in total. The van der Waals surface area contributed by atoms with Crippen LogP contribution in [0.4, 0.5) is 0 Å². The number of ether oxygens (including phenoxy) is 2. The second kappa shape index (κ2) is 6.77. The molecule has 0 aliphatic rings. The van der Waals surface area contributed by atoms with E-state index in [9.17, 15) is 4.79 Å². The average molecular weight is 276 g/mol. The van der Waals surface area contributed by atoms with Crippen LogP contribution in [-0.2, 0) is 6.61 Å². The van der Waals surface area contributed by atoms with Gasteiger partial charge in [-0.15, -0.1) is 0 Å². The Morgan fingerprint density at radius 2 is 2.00 bits per heavy atom. The van der Waals surface area contributed by atoms with Gasteiger partial charge in [0.05, 0.1) is 0 Å². The van der Waals surface area contributed by atoms with Gasteiger partial charge in [0.15, 0.2) is 0 Å². The number of benzene rings is 1. The Bertz CT molecular complexity index is 618. The minimum Gasteiger partial charge on any atom is -0.490 e. The summed E-state index contributed by atoms with van der Waals surface area (Å²) in [5.41, 5.74) is 0.791. The minimum absolute atomic E-state index is 0.107. The van der Waals surface area contributed by atoms with Crippen molar-refractivity contribution in [3.05, 3.63) is 58.1 Å². The second-order valence-electron chi connectivity index (χ2n) is 4.25. The Morgan fingerprint density at radius 1 is 1.20 bits per heavy atom. The fraction of sp³-hybridized carbons (Fsp3) is 0.267. The molecule has 0 fully saturated rings. The van der Waals surface area contributed by atoms with E-state index in [1.807, 2.05) is 31.2 Å². The van der Waals surface area contributed by atoms with E-state index in [-0.39, 0.29) is 30.2 Å². The molecule has 1 aromatic heterocycles. The monoisotopic (exact) mass is 276 g/mol. The van der Waals surface area contributed by atoms with Crippen LogP contribution in [0, 0.1) is 6.92 Å². The van der Waals surface area contributed by atoms with Crippen molar-refractivity contribution in [2.24, 2.45) is 0 Å². The number of hydrogen-bond donors (Lipinski definition) is 1. The van der Waals surface area contributed by atoms with Crippen LogP contribution in [0.1, 0.15) is 11.3 Å². The van der Waals surface area contributed by atoms with Crippen molar-refractivity contribution in [1.82, 2.24) is 0 Å². The van der Waals surface area contributed by atoms with Gasteiger partial charge in [-0.25, -0.2) is 0 Å². The first-order chi connectivity index (χ1) is 9.69. The molecule has 0 saturated carbocycles. The fourth-order valence-electron chi connectivity index (χ4n) is 1.64. The Hall–Kier alpha value is -2.27. The van der Waals surface area contributed by atoms with Crippen molar-refractivity contribution in [3.63, 3.8) is 0 Å². The smallest absolute Gasteiger partial charge is 0.227 e. The van der Waals surface area contributed by atoms with Gasteiger partial charge in [0.1, 0.15) is 37.6 Å². The summed E-state index contributed by atoms with van der Waals surface area (Å²) in [4.78, 5) is 11.6. The third kappa shape index (κ3) is 3.86. The number of rotatable bonds is 6. The molecule has 0 aliphatic carbocycles. The van der Waals surface area contributed by atoms with Gasteiger partial charge in [-0.2, -0.15) is 0 Å². The molecular formula is C15H16O5. The standard InChI is InChI=1S/C15H16O5/c1-11-3-2-4-12(7-11)18-5-6-19-15-10-20-13(9-16)8-14(15)17/h2-4,7-8,10,16H,5-6,9H2,1H3. The summed E-state index contributed by atoms with van der Waals surface area (Å²) < 4.78 is 15.8. The van der Waals surface area contributed by atoms with Crippen LogP contribution in [0.5, 0.6) is 11.5 Å². The highest BCUT2D eigenvalue weighted by molar-refractivity contribution is 5.27. The van der Waals surface area contributed by atoms with Crippen molar-refractivity contribution in [2.75, 3.05) is 13.2 Å². The second-order valence-corrected chi connectivity index (χ2v) is 4.25. The van der Waals surface area contributed by atoms with E-state index in [4.69, 9.17) is 19.0 Å². The number of aliphatic hydroxyl groups excluding tert-OH is 1. The van der Waals surface area contributed by atoms with Crippen molar-refractivity contribution in [3.8, 4) is 11.5 Å². The number of hydrogen-bond acceptors (Lipinski definition) is 5. The molecule has 0 bridgehead atoms. The Labute approximate surface area is 116 Å². The summed E-state index contributed by atoms with van der Waals surface area (Å²) in [6.07, 6.45) is 1.19. The lowest BCUT2D eigenvalue weighted by atomic mass is 10.2. The third-order valence-corrected chi connectivity index (χ3v) is 2.61. The maximum Gasteiger partial charge on any atom is 0.227 e. The zero-order valence-electron chi connectivity index (χ0n) is 11.2. The van der Waals surface area contributed by atoms with Gasteiger partial charge in [0, 0.05) is 6.07 Å². The molecule has 0 unspecified atom stereocenters. The van der Waals surface area contributed by atoms with E-state index in [0.717, 1.165) is 11.3 Å². The first-order valence-corrected chi connectivity index (χ1v) is 6.24. The van der Waals surface area contributed by atoms with Gasteiger partial charge in [-0.1, -0.05) is 12.1 Å². The van der Waals surface area contributed by atoms with Crippen LogP contribution in [0.3, 0.4) is 0 Å². The van der Waals surface area contributed by atoms with Gasteiger partial charge in [0.25, 0.3) is 0 Å². The van der Waals surface area contributed by atoms with Gasteiger partial charge in [-0.05, 0) is 24.6 Å². The Balaban J connectivity index is 1.83. The molecule has 0 saturated heterocycles. The number of aliphatic hydroxyl groups is 1. The van der Waals surface area contributed by atoms with E-state index in [1.165, 1.54) is 12.3 Å². The van der Waals surface area contributed by atoms with E-state index < -0.39 is 0 Å². The van der Waals surface area contributed by atoms with Crippen LogP contribution in [0.25, 0.3) is 0 Å². The summed E-state index contributed by atoms with van der Waals surface area (Å²) in [5.74, 6) is 1.07. The van der Waals surface area contributed by atoms with Gasteiger partial charge in [-0.3, -0.25) is 4.79 Å². The summed E-state index contributed by atoms with van der Waals surface area (Å²) in [7, 11) is 0. The quantitative estimate of drug-likeness (QED) is 0.816. The third-order valence-electron chi connectivity index (χ3n) is 2.61. The molecule has 5 heteroatoms. The zero-order valence-corrected chi connectivity index (χ0v) is 11.2. The maximum absolute atomic E-state index is 11.6. The predicted molar refractivity (Wildman–Crippen MR) is 73.1 cm³/mol. The highest BCUT2D eigenvalue weighted by Crippen LogP contribution is 2.12. The van der Waals surface area contributed by atoms with Crippen molar-refractivity contribution in [1.29, 1.82) is 0 Å². The Morgan fingerprint density at radius 3 is 2.70 bits per heavy atom. The SMILES string of the molecule is Cc1cccc(OCCOc2coc(CO)cc2=O)c1. The highest BCUT2D eigenvalue weighted by atomic mass is 16.5. The predicted octanol–water partition coefficient (Wildman–Crippen LogP) is 1.90. The van der Waals surface area contributed by atoms with Crippen LogP contribution >= 0.6 is 0 Å². The molecule has 1 heterocycles. The normalized spacial score (nSPS) is 10.3. The van der Waals surface area contributed by atoms with E-state index in [1.54, 1.807) is 0 Å². The molecule has 1 aromatic carbocycles. The number of aryl methyl sites for hydroxylation is 1. The topological polar surface area (TPSA) is 68.9 Å². The molecule has 0 spiro atoms. The molecule has 20 heavy (non-hydrogen) atoms. The van der Waals surface area contributed by atoms with Crippen LogP contribution in [0.2, 0.25) is 0 Å². The lowest BCUT2D eigenvalue weighted by Crippen LogP contribution is -2.14. The van der Waals surface area contributed by atoms with Crippen LogP contribution in [-0.4, -0.2) is 18.3 Å². The molecule has 2 aromatic rings. The first-order valence-electron chi connectivity index (χ1n) is 6.24. The lowest BCUT2D eigenvalue weighted by Gasteiger charge is -2.08. The lowest BCUT2D eigenvalue weighted by molar-refractivity contribution is 0.207. The molecule has 0 atom stereocenters. The van der Waals surface area contributed by atoms with Crippen molar-refractivity contribution < 1.29 is 19.0 Å². The Kier molecular flexibility index (Phi) is 4.79. The highest BCUT2D eigenvalue weighted by Gasteiger charge is 2.04. The summed E-state index contributed by atoms with van der Waals surface area (Å²) in [5, 5.41) is 8.82. The van der Waals surface area contributed by atoms with E-state index in [2.05, 4.69) is 0 Å². The molecule has 106 valence electrons. The summed E-state index contributed by atoms with van der Waals surface area (Å²) in [6.45, 7) is 2.23. The minimum atomic E-state index is -0.323.